The predicted octanol–water partition coefficient (Wildman–Crippen LogP) is 0.0968. The second kappa shape index (κ2) is 6.00. The van der Waals surface area contributed by atoms with Crippen molar-refractivity contribution in [3.8, 4) is 0 Å². The lowest BCUT2D eigenvalue weighted by molar-refractivity contribution is -0.133. The molecule has 0 radical (unpaired) electrons. The van der Waals surface area contributed by atoms with Crippen molar-refractivity contribution in [1.82, 2.24) is 10.2 Å². The minimum atomic E-state index is -0.331. The molecule has 1 aliphatic rings. The summed E-state index contributed by atoms with van der Waals surface area (Å²) in [5.74, 6) is 0.382. The summed E-state index contributed by atoms with van der Waals surface area (Å²) < 4.78 is 0. The fourth-order valence-electron chi connectivity index (χ4n) is 1.85. The van der Waals surface area contributed by atoms with Crippen molar-refractivity contribution < 1.29 is 9.59 Å². The Balaban J connectivity index is 2.34. The first-order chi connectivity index (χ1) is 7.91. The van der Waals surface area contributed by atoms with Gasteiger partial charge < -0.3 is 16.0 Å². The van der Waals surface area contributed by atoms with Gasteiger partial charge in [0.25, 0.3) is 0 Å². The van der Waals surface area contributed by atoms with Crippen molar-refractivity contribution in [2.24, 2.45) is 11.7 Å². The SMILES string of the molecule is CC(C)C(N)CCN(C)C(=O)C1CCC(=O)N1. The molecule has 0 aromatic rings. The van der Waals surface area contributed by atoms with E-state index in [1.165, 1.54) is 0 Å². The largest absolute Gasteiger partial charge is 0.344 e. The van der Waals surface area contributed by atoms with Crippen LogP contribution in [0.1, 0.15) is 33.1 Å². The molecule has 1 saturated heterocycles. The Morgan fingerprint density at radius 3 is 2.71 bits per heavy atom. The van der Waals surface area contributed by atoms with Crippen molar-refractivity contribution >= 4 is 11.8 Å². The molecular weight excluding hydrogens is 218 g/mol. The van der Waals surface area contributed by atoms with E-state index in [1.807, 2.05) is 0 Å². The molecule has 17 heavy (non-hydrogen) atoms. The number of nitrogens with zero attached hydrogens (tertiary/aromatic N) is 1. The van der Waals surface area contributed by atoms with Gasteiger partial charge in [0.1, 0.15) is 6.04 Å². The maximum atomic E-state index is 11.9. The number of likely N-dealkylation sites (N-methyl/N-ethyl adjacent to an activating group) is 1. The molecule has 2 amide bonds. The Labute approximate surface area is 103 Å². The van der Waals surface area contributed by atoms with Crippen LogP contribution in [0.4, 0.5) is 0 Å². The highest BCUT2D eigenvalue weighted by molar-refractivity contribution is 5.90. The van der Waals surface area contributed by atoms with Crippen molar-refractivity contribution in [3.05, 3.63) is 0 Å². The van der Waals surface area contributed by atoms with E-state index >= 15 is 0 Å². The van der Waals surface area contributed by atoms with Gasteiger partial charge in [0.2, 0.25) is 11.8 Å². The first kappa shape index (κ1) is 14.0. The van der Waals surface area contributed by atoms with Crippen LogP contribution < -0.4 is 11.1 Å². The predicted molar refractivity (Wildman–Crippen MR) is 66.2 cm³/mol. The highest BCUT2D eigenvalue weighted by atomic mass is 16.2. The van der Waals surface area contributed by atoms with Gasteiger partial charge in [-0.2, -0.15) is 0 Å². The van der Waals surface area contributed by atoms with E-state index in [0.29, 0.717) is 25.3 Å². The van der Waals surface area contributed by atoms with E-state index in [4.69, 9.17) is 5.73 Å². The van der Waals surface area contributed by atoms with E-state index in [1.54, 1.807) is 11.9 Å². The van der Waals surface area contributed by atoms with Crippen molar-refractivity contribution in [3.63, 3.8) is 0 Å². The second-order valence-electron chi connectivity index (χ2n) is 5.12. The maximum absolute atomic E-state index is 11.9. The van der Waals surface area contributed by atoms with Crippen LogP contribution in [0.5, 0.6) is 0 Å². The average Bonchev–Trinajstić information content (AvgIpc) is 2.70. The zero-order valence-electron chi connectivity index (χ0n) is 10.9. The third-order valence-electron chi connectivity index (χ3n) is 3.32. The van der Waals surface area contributed by atoms with Crippen LogP contribution >= 0.6 is 0 Å². The van der Waals surface area contributed by atoms with Gasteiger partial charge in [0, 0.05) is 26.1 Å². The monoisotopic (exact) mass is 241 g/mol. The molecule has 98 valence electrons. The van der Waals surface area contributed by atoms with Crippen LogP contribution in [0, 0.1) is 5.92 Å². The molecule has 0 aliphatic carbocycles. The first-order valence-corrected chi connectivity index (χ1v) is 6.21. The summed E-state index contributed by atoms with van der Waals surface area (Å²) in [7, 11) is 1.76. The summed E-state index contributed by atoms with van der Waals surface area (Å²) in [6, 6.07) is -0.216. The number of rotatable bonds is 5. The molecular formula is C12H23N3O2. The first-order valence-electron chi connectivity index (χ1n) is 6.21. The number of nitrogens with one attached hydrogen (secondary N) is 1. The van der Waals surface area contributed by atoms with E-state index < -0.39 is 0 Å². The molecule has 1 fully saturated rings. The topological polar surface area (TPSA) is 75.4 Å². The van der Waals surface area contributed by atoms with Crippen LogP contribution in [-0.2, 0) is 9.59 Å². The normalized spacial score (nSPS) is 21.5. The smallest absolute Gasteiger partial charge is 0.244 e. The van der Waals surface area contributed by atoms with Crippen LogP contribution in [0.15, 0.2) is 0 Å². The fourth-order valence-corrected chi connectivity index (χ4v) is 1.85. The molecule has 0 bridgehead atoms. The van der Waals surface area contributed by atoms with Crippen LogP contribution in [0.25, 0.3) is 0 Å². The molecule has 0 saturated carbocycles. The lowest BCUT2D eigenvalue weighted by atomic mass is 10.0. The van der Waals surface area contributed by atoms with Gasteiger partial charge in [-0.05, 0) is 18.8 Å². The van der Waals surface area contributed by atoms with Gasteiger partial charge in [0.05, 0.1) is 0 Å². The molecule has 2 unspecified atom stereocenters. The summed E-state index contributed by atoms with van der Waals surface area (Å²) in [5.41, 5.74) is 5.93. The van der Waals surface area contributed by atoms with Gasteiger partial charge >= 0.3 is 0 Å². The molecule has 0 aromatic carbocycles. The summed E-state index contributed by atoms with van der Waals surface area (Å²) >= 11 is 0. The summed E-state index contributed by atoms with van der Waals surface area (Å²) in [5, 5.41) is 2.68. The molecule has 1 aliphatic heterocycles. The number of carbonyl (C=O) groups excluding carboxylic acids is 2. The molecule has 0 spiro atoms. The van der Waals surface area contributed by atoms with Crippen LogP contribution in [-0.4, -0.2) is 42.4 Å². The van der Waals surface area contributed by atoms with E-state index in [2.05, 4.69) is 19.2 Å². The van der Waals surface area contributed by atoms with Gasteiger partial charge in [0.15, 0.2) is 0 Å². The Kier molecular flexibility index (Phi) is 4.93. The van der Waals surface area contributed by atoms with E-state index in [0.717, 1.165) is 6.42 Å². The molecule has 0 aromatic heterocycles. The average molecular weight is 241 g/mol. The maximum Gasteiger partial charge on any atom is 0.244 e. The molecule has 5 nitrogen and oxygen atoms in total. The number of carbonyl (C=O) groups is 2. The third kappa shape index (κ3) is 4.00. The lowest BCUT2D eigenvalue weighted by Crippen LogP contribution is -2.44. The van der Waals surface area contributed by atoms with Crippen LogP contribution in [0.3, 0.4) is 0 Å². The highest BCUT2D eigenvalue weighted by Crippen LogP contribution is 2.10. The van der Waals surface area contributed by atoms with Gasteiger partial charge in [-0.1, -0.05) is 13.8 Å². The molecule has 3 N–H and O–H groups in total. The second-order valence-corrected chi connectivity index (χ2v) is 5.12. The van der Waals surface area contributed by atoms with E-state index in [9.17, 15) is 9.59 Å². The molecule has 2 atom stereocenters. The molecule has 5 heteroatoms. The fraction of sp³-hybridized carbons (Fsp3) is 0.833. The number of nitrogens with two attached hydrogens (primary N) is 1. The quantitative estimate of drug-likeness (QED) is 0.716. The number of hydrogen-bond acceptors (Lipinski definition) is 3. The van der Waals surface area contributed by atoms with Gasteiger partial charge in [-0.15, -0.1) is 0 Å². The minimum Gasteiger partial charge on any atom is -0.344 e. The third-order valence-corrected chi connectivity index (χ3v) is 3.32. The zero-order chi connectivity index (χ0) is 13.0. The van der Waals surface area contributed by atoms with Gasteiger partial charge in [-0.3, -0.25) is 9.59 Å². The summed E-state index contributed by atoms with van der Waals surface area (Å²) in [4.78, 5) is 24.6. The minimum absolute atomic E-state index is 0.00759. The van der Waals surface area contributed by atoms with Crippen molar-refractivity contribution in [2.45, 2.75) is 45.2 Å². The Morgan fingerprint density at radius 1 is 1.59 bits per heavy atom. The van der Waals surface area contributed by atoms with Gasteiger partial charge in [-0.25, -0.2) is 0 Å². The Bertz CT molecular complexity index is 291. The number of amides is 2. The van der Waals surface area contributed by atoms with Crippen molar-refractivity contribution in [2.75, 3.05) is 13.6 Å². The summed E-state index contributed by atoms with van der Waals surface area (Å²) in [6.07, 6.45) is 1.86. The zero-order valence-corrected chi connectivity index (χ0v) is 10.9. The Hall–Kier alpha value is -1.10. The number of hydrogen-bond donors (Lipinski definition) is 2. The van der Waals surface area contributed by atoms with Crippen LogP contribution in [0.2, 0.25) is 0 Å². The molecule has 1 heterocycles. The Morgan fingerprint density at radius 2 is 2.24 bits per heavy atom. The molecule has 1 rings (SSSR count). The summed E-state index contributed by atoms with van der Waals surface area (Å²) in [6.45, 7) is 4.79. The standard InChI is InChI=1S/C12H23N3O2/c1-8(2)9(13)6-7-15(3)12(17)10-4-5-11(16)14-10/h8-10H,4-7,13H2,1-3H3,(H,14,16). The van der Waals surface area contributed by atoms with Crippen molar-refractivity contribution in [1.29, 1.82) is 0 Å². The lowest BCUT2D eigenvalue weighted by Gasteiger charge is -2.23. The highest BCUT2D eigenvalue weighted by Gasteiger charge is 2.29. The van der Waals surface area contributed by atoms with E-state index in [-0.39, 0.29) is 23.9 Å².